The highest BCUT2D eigenvalue weighted by molar-refractivity contribution is 5.98. The van der Waals surface area contributed by atoms with Gasteiger partial charge in [-0.2, -0.15) is 0 Å². The number of imide groups is 1. The van der Waals surface area contributed by atoms with Crippen molar-refractivity contribution in [3.63, 3.8) is 0 Å². The minimum absolute atomic E-state index is 0.110. The van der Waals surface area contributed by atoms with Gasteiger partial charge in [-0.3, -0.25) is 10.1 Å². The van der Waals surface area contributed by atoms with E-state index in [4.69, 9.17) is 9.15 Å². The molecule has 0 saturated heterocycles. The van der Waals surface area contributed by atoms with Gasteiger partial charge in [0.2, 0.25) is 5.76 Å². The van der Waals surface area contributed by atoms with E-state index in [1.165, 1.54) is 18.2 Å². The molecule has 8 heteroatoms. The molecule has 25 heavy (non-hydrogen) atoms. The SMILES string of the molecule is CCCCNC(=O)NC(=O)COC(=O)c1oc2ccc(F)cc2c1C. The zero-order valence-electron chi connectivity index (χ0n) is 14.0. The molecule has 0 aliphatic carbocycles. The Hall–Kier alpha value is -2.90. The van der Waals surface area contributed by atoms with Crippen molar-refractivity contribution in [1.82, 2.24) is 10.6 Å². The summed E-state index contributed by atoms with van der Waals surface area (Å²) in [6.07, 6.45) is 1.70. The minimum atomic E-state index is -0.865. The first kappa shape index (κ1) is 18.4. The van der Waals surface area contributed by atoms with Crippen LogP contribution in [0.5, 0.6) is 0 Å². The number of furan rings is 1. The summed E-state index contributed by atoms with van der Waals surface area (Å²) in [7, 11) is 0. The van der Waals surface area contributed by atoms with Crippen molar-refractivity contribution in [2.75, 3.05) is 13.2 Å². The quantitative estimate of drug-likeness (QED) is 0.616. The molecule has 0 radical (unpaired) electrons. The van der Waals surface area contributed by atoms with Crippen molar-refractivity contribution in [1.29, 1.82) is 0 Å². The van der Waals surface area contributed by atoms with Crippen LogP contribution in [0.1, 0.15) is 35.9 Å². The van der Waals surface area contributed by atoms with Gasteiger partial charge in [0, 0.05) is 17.5 Å². The Morgan fingerprint density at radius 2 is 2.04 bits per heavy atom. The third-order valence-corrected chi connectivity index (χ3v) is 3.49. The molecule has 0 aliphatic heterocycles. The van der Waals surface area contributed by atoms with E-state index in [0.717, 1.165) is 12.8 Å². The van der Waals surface area contributed by atoms with Gasteiger partial charge in [0.05, 0.1) is 0 Å². The average molecular weight is 350 g/mol. The number of carbonyl (C=O) groups excluding carboxylic acids is 3. The van der Waals surface area contributed by atoms with Crippen LogP contribution < -0.4 is 10.6 Å². The monoisotopic (exact) mass is 350 g/mol. The van der Waals surface area contributed by atoms with E-state index in [0.29, 0.717) is 23.1 Å². The van der Waals surface area contributed by atoms with Crippen LogP contribution >= 0.6 is 0 Å². The summed E-state index contributed by atoms with van der Waals surface area (Å²) < 4.78 is 23.4. The number of rotatable bonds is 6. The van der Waals surface area contributed by atoms with Crippen LogP contribution in [0.25, 0.3) is 11.0 Å². The number of esters is 1. The predicted molar refractivity (Wildman–Crippen MR) is 87.6 cm³/mol. The molecule has 0 atom stereocenters. The first-order valence-electron chi connectivity index (χ1n) is 7.85. The van der Waals surface area contributed by atoms with E-state index in [2.05, 4.69) is 5.32 Å². The summed E-state index contributed by atoms with van der Waals surface area (Å²) in [6, 6.07) is 3.22. The van der Waals surface area contributed by atoms with Crippen molar-refractivity contribution in [3.05, 3.63) is 35.3 Å². The Balaban J connectivity index is 1.91. The zero-order valence-corrected chi connectivity index (χ0v) is 14.0. The number of unbranched alkanes of at least 4 members (excludes halogenated alkanes) is 1. The fourth-order valence-corrected chi connectivity index (χ4v) is 2.17. The number of hydrogen-bond donors (Lipinski definition) is 2. The summed E-state index contributed by atoms with van der Waals surface area (Å²) >= 11 is 0. The fourth-order valence-electron chi connectivity index (χ4n) is 2.17. The number of aryl methyl sites for hydroxylation is 1. The van der Waals surface area contributed by atoms with Crippen LogP contribution in [0.15, 0.2) is 22.6 Å². The highest BCUT2D eigenvalue weighted by Crippen LogP contribution is 2.26. The van der Waals surface area contributed by atoms with Crippen LogP contribution in [0.3, 0.4) is 0 Å². The van der Waals surface area contributed by atoms with Gasteiger partial charge in [-0.1, -0.05) is 13.3 Å². The van der Waals surface area contributed by atoms with Gasteiger partial charge in [-0.05, 0) is 31.5 Å². The number of halogens is 1. The summed E-state index contributed by atoms with van der Waals surface area (Å²) in [6.45, 7) is 3.37. The highest BCUT2D eigenvalue weighted by Gasteiger charge is 2.20. The van der Waals surface area contributed by atoms with Gasteiger partial charge >= 0.3 is 12.0 Å². The fraction of sp³-hybridized carbons (Fsp3) is 0.353. The topological polar surface area (TPSA) is 97.6 Å². The molecule has 1 heterocycles. The van der Waals surface area contributed by atoms with Gasteiger partial charge in [-0.25, -0.2) is 14.0 Å². The standard InChI is InChI=1S/C17H19FN2O5/c1-3-4-7-19-17(23)20-14(21)9-24-16(22)15-10(2)12-8-11(18)5-6-13(12)25-15/h5-6,8H,3-4,7,9H2,1-2H3,(H2,19,20,21,23). The number of urea groups is 1. The molecule has 1 aromatic heterocycles. The Morgan fingerprint density at radius 3 is 2.76 bits per heavy atom. The lowest BCUT2D eigenvalue weighted by Crippen LogP contribution is -2.41. The van der Waals surface area contributed by atoms with E-state index in [-0.39, 0.29) is 5.76 Å². The molecule has 0 fully saturated rings. The second-order valence-electron chi connectivity index (χ2n) is 5.43. The molecule has 3 amide bonds. The first-order valence-corrected chi connectivity index (χ1v) is 7.85. The number of nitrogens with one attached hydrogen (secondary N) is 2. The van der Waals surface area contributed by atoms with Gasteiger partial charge in [-0.15, -0.1) is 0 Å². The Kier molecular flexibility index (Phi) is 6.10. The largest absolute Gasteiger partial charge is 0.450 e. The summed E-state index contributed by atoms with van der Waals surface area (Å²) in [4.78, 5) is 35.0. The molecular formula is C17H19FN2O5. The summed E-state index contributed by atoms with van der Waals surface area (Å²) in [5, 5.41) is 5.00. The maximum absolute atomic E-state index is 13.3. The molecule has 1 aromatic carbocycles. The van der Waals surface area contributed by atoms with E-state index in [1.807, 2.05) is 12.2 Å². The second kappa shape index (κ2) is 8.27. The van der Waals surface area contributed by atoms with Crippen LogP contribution in [-0.2, 0) is 9.53 Å². The lowest BCUT2D eigenvalue weighted by atomic mass is 10.1. The summed E-state index contributed by atoms with van der Waals surface area (Å²) in [5.41, 5.74) is 0.753. The van der Waals surface area contributed by atoms with E-state index < -0.39 is 30.3 Å². The molecule has 134 valence electrons. The van der Waals surface area contributed by atoms with Gasteiger partial charge in [0.25, 0.3) is 5.91 Å². The second-order valence-corrected chi connectivity index (χ2v) is 5.43. The Morgan fingerprint density at radius 1 is 1.28 bits per heavy atom. The molecule has 0 saturated carbocycles. The van der Waals surface area contributed by atoms with Gasteiger partial charge in [0.1, 0.15) is 11.4 Å². The molecule has 0 bridgehead atoms. The van der Waals surface area contributed by atoms with Crippen molar-refractivity contribution in [2.45, 2.75) is 26.7 Å². The lowest BCUT2D eigenvalue weighted by molar-refractivity contribution is -0.123. The number of carbonyl (C=O) groups is 3. The predicted octanol–water partition coefficient (Wildman–Crippen LogP) is 2.66. The molecule has 0 unspecified atom stereocenters. The van der Waals surface area contributed by atoms with Gasteiger partial charge in [0.15, 0.2) is 6.61 Å². The van der Waals surface area contributed by atoms with Crippen molar-refractivity contribution in [3.8, 4) is 0 Å². The minimum Gasteiger partial charge on any atom is -0.450 e. The Labute approximate surface area is 143 Å². The summed E-state index contributed by atoms with van der Waals surface area (Å²) in [5.74, 6) is -2.19. The maximum Gasteiger partial charge on any atom is 0.375 e. The number of amides is 3. The van der Waals surface area contributed by atoms with Crippen molar-refractivity contribution < 1.29 is 27.9 Å². The lowest BCUT2D eigenvalue weighted by Gasteiger charge is -2.06. The van der Waals surface area contributed by atoms with Crippen molar-refractivity contribution in [2.24, 2.45) is 0 Å². The van der Waals surface area contributed by atoms with E-state index in [1.54, 1.807) is 6.92 Å². The van der Waals surface area contributed by atoms with Crippen LogP contribution in [0.4, 0.5) is 9.18 Å². The maximum atomic E-state index is 13.3. The van der Waals surface area contributed by atoms with Crippen LogP contribution in [0.2, 0.25) is 0 Å². The molecule has 0 spiro atoms. The third kappa shape index (κ3) is 4.79. The highest BCUT2D eigenvalue weighted by atomic mass is 19.1. The normalized spacial score (nSPS) is 10.5. The van der Waals surface area contributed by atoms with Crippen molar-refractivity contribution >= 4 is 28.9 Å². The zero-order chi connectivity index (χ0) is 18.4. The van der Waals surface area contributed by atoms with E-state index >= 15 is 0 Å². The first-order chi connectivity index (χ1) is 11.9. The van der Waals surface area contributed by atoms with E-state index in [9.17, 15) is 18.8 Å². The number of fused-ring (bicyclic) bond motifs is 1. The number of ether oxygens (including phenoxy) is 1. The molecule has 7 nitrogen and oxygen atoms in total. The van der Waals surface area contributed by atoms with Gasteiger partial charge < -0.3 is 14.5 Å². The molecule has 0 aliphatic rings. The average Bonchev–Trinajstić information content (AvgIpc) is 2.89. The number of benzene rings is 1. The Bertz CT molecular complexity index is 800. The molecular weight excluding hydrogens is 331 g/mol. The third-order valence-electron chi connectivity index (χ3n) is 3.49. The van der Waals surface area contributed by atoms with Crippen LogP contribution in [0, 0.1) is 12.7 Å². The number of hydrogen-bond acceptors (Lipinski definition) is 5. The molecule has 2 aromatic rings. The molecule has 2 N–H and O–H groups in total. The molecule has 2 rings (SSSR count). The van der Waals surface area contributed by atoms with Crippen LogP contribution in [-0.4, -0.2) is 31.1 Å². The smallest absolute Gasteiger partial charge is 0.375 e.